The van der Waals surface area contributed by atoms with Crippen molar-refractivity contribution in [3.05, 3.63) is 27.7 Å². The number of alkyl halides is 3. The molecule has 0 unspecified atom stereocenters. The van der Waals surface area contributed by atoms with Crippen molar-refractivity contribution in [2.24, 2.45) is 5.73 Å². The number of nitrogens with two attached hydrogens (primary N) is 1. The zero-order valence-electron chi connectivity index (χ0n) is 9.77. The van der Waals surface area contributed by atoms with E-state index in [1.807, 2.05) is 0 Å². The van der Waals surface area contributed by atoms with Gasteiger partial charge in [0.05, 0.1) is 17.1 Å². The van der Waals surface area contributed by atoms with Gasteiger partial charge in [-0.2, -0.15) is 13.2 Å². The van der Waals surface area contributed by atoms with E-state index in [0.717, 1.165) is 6.07 Å². The average molecular weight is 324 g/mol. The molecule has 0 heterocycles. The highest BCUT2D eigenvalue weighted by Gasteiger charge is 2.48. The van der Waals surface area contributed by atoms with Gasteiger partial charge >= 0.3 is 6.18 Å². The van der Waals surface area contributed by atoms with Gasteiger partial charge in [-0.25, -0.2) is 0 Å². The molecule has 1 aliphatic carbocycles. The van der Waals surface area contributed by atoms with Crippen LogP contribution in [0.1, 0.15) is 24.0 Å². The van der Waals surface area contributed by atoms with Crippen LogP contribution in [0.3, 0.4) is 0 Å². The average Bonchev–Trinajstić information content (AvgIpc) is 3.08. The summed E-state index contributed by atoms with van der Waals surface area (Å²) in [6, 6.07) is 2.52. The van der Waals surface area contributed by atoms with E-state index >= 15 is 0 Å². The predicted octanol–water partition coefficient (Wildman–Crippen LogP) is 3.47. The highest BCUT2D eigenvalue weighted by molar-refractivity contribution is 9.10. The number of benzene rings is 1. The molecule has 0 aliphatic heterocycles. The summed E-state index contributed by atoms with van der Waals surface area (Å²) in [4.78, 5) is 0. The molecule has 0 aromatic heterocycles. The maximum absolute atomic E-state index is 13.1. The summed E-state index contributed by atoms with van der Waals surface area (Å²) in [6.45, 7) is 0.231. The summed E-state index contributed by atoms with van der Waals surface area (Å²) in [6.07, 6.45) is -3.00. The number of ether oxygens (including phenoxy) is 1. The van der Waals surface area contributed by atoms with E-state index in [0.29, 0.717) is 17.3 Å². The summed E-state index contributed by atoms with van der Waals surface area (Å²) in [5.41, 5.74) is 4.73. The summed E-state index contributed by atoms with van der Waals surface area (Å²) in [5, 5.41) is 0. The van der Waals surface area contributed by atoms with Crippen molar-refractivity contribution in [3.8, 4) is 5.75 Å². The first-order chi connectivity index (χ1) is 8.34. The van der Waals surface area contributed by atoms with E-state index in [1.165, 1.54) is 13.2 Å². The highest BCUT2D eigenvalue weighted by Crippen LogP contribution is 2.52. The molecule has 1 aliphatic rings. The zero-order valence-corrected chi connectivity index (χ0v) is 11.4. The third-order valence-corrected chi connectivity index (χ3v) is 4.03. The fraction of sp³-hybridized carbons (Fsp3) is 0.500. The fourth-order valence-corrected chi connectivity index (χ4v) is 2.62. The minimum Gasteiger partial charge on any atom is -0.496 e. The fourth-order valence-electron chi connectivity index (χ4n) is 2.12. The van der Waals surface area contributed by atoms with Crippen molar-refractivity contribution < 1.29 is 17.9 Å². The molecule has 1 aromatic rings. The second kappa shape index (κ2) is 4.42. The van der Waals surface area contributed by atoms with Crippen molar-refractivity contribution in [1.82, 2.24) is 0 Å². The Labute approximate surface area is 111 Å². The van der Waals surface area contributed by atoms with Crippen LogP contribution in [0.15, 0.2) is 16.6 Å². The summed E-state index contributed by atoms with van der Waals surface area (Å²) >= 11 is 3.22. The number of halogens is 4. The van der Waals surface area contributed by atoms with Crippen LogP contribution < -0.4 is 10.5 Å². The standard InChI is InChI=1S/C12H13BrF3NO/c1-18-10-5-8(12(14,15)16)7(4-9(10)13)11(6-17)2-3-11/h4-5H,2-3,6,17H2,1H3. The van der Waals surface area contributed by atoms with Crippen molar-refractivity contribution in [2.75, 3.05) is 13.7 Å². The molecule has 2 rings (SSSR count). The normalized spacial score (nSPS) is 17.7. The molecular weight excluding hydrogens is 311 g/mol. The molecule has 1 saturated carbocycles. The minimum absolute atomic E-state index is 0.180. The van der Waals surface area contributed by atoms with Crippen molar-refractivity contribution >= 4 is 15.9 Å². The van der Waals surface area contributed by atoms with Gasteiger partial charge in [0.2, 0.25) is 0 Å². The molecule has 1 fully saturated rings. The molecule has 0 atom stereocenters. The number of methoxy groups -OCH3 is 1. The molecule has 100 valence electrons. The molecule has 0 amide bonds. The van der Waals surface area contributed by atoms with Crippen LogP contribution in [0.25, 0.3) is 0 Å². The second-order valence-electron chi connectivity index (χ2n) is 4.51. The van der Waals surface area contributed by atoms with Crippen LogP contribution in [-0.2, 0) is 11.6 Å². The monoisotopic (exact) mass is 323 g/mol. The van der Waals surface area contributed by atoms with Gasteiger partial charge in [0.1, 0.15) is 5.75 Å². The smallest absolute Gasteiger partial charge is 0.416 e. The minimum atomic E-state index is -4.39. The Bertz CT molecular complexity index is 469. The van der Waals surface area contributed by atoms with Crippen LogP contribution in [-0.4, -0.2) is 13.7 Å². The number of hydrogen-bond donors (Lipinski definition) is 1. The van der Waals surface area contributed by atoms with Gasteiger partial charge in [0.15, 0.2) is 0 Å². The van der Waals surface area contributed by atoms with Crippen molar-refractivity contribution in [3.63, 3.8) is 0 Å². The SMILES string of the molecule is COc1cc(C(F)(F)F)c(C2(CN)CC2)cc1Br. The van der Waals surface area contributed by atoms with Gasteiger partial charge in [-0.3, -0.25) is 0 Å². The van der Waals surface area contributed by atoms with Gasteiger partial charge in [-0.1, -0.05) is 0 Å². The molecule has 1 aromatic carbocycles. The largest absolute Gasteiger partial charge is 0.496 e. The molecule has 6 heteroatoms. The lowest BCUT2D eigenvalue weighted by Crippen LogP contribution is -2.24. The Morgan fingerprint density at radius 1 is 1.39 bits per heavy atom. The Morgan fingerprint density at radius 2 is 2.00 bits per heavy atom. The van der Waals surface area contributed by atoms with Gasteiger partial charge in [0.25, 0.3) is 0 Å². The molecular formula is C12H13BrF3NO. The lowest BCUT2D eigenvalue weighted by molar-refractivity contribution is -0.138. The summed E-state index contributed by atoms with van der Waals surface area (Å²) < 4.78 is 44.7. The zero-order chi connectivity index (χ0) is 13.6. The first kappa shape index (κ1) is 13.7. The maximum Gasteiger partial charge on any atom is 0.416 e. The van der Waals surface area contributed by atoms with Crippen LogP contribution in [0, 0.1) is 0 Å². The third-order valence-electron chi connectivity index (χ3n) is 3.41. The van der Waals surface area contributed by atoms with Gasteiger partial charge in [-0.05, 0) is 46.5 Å². The molecule has 0 spiro atoms. The Morgan fingerprint density at radius 3 is 2.39 bits per heavy atom. The molecule has 2 nitrogen and oxygen atoms in total. The van der Waals surface area contributed by atoms with Crippen LogP contribution in [0.5, 0.6) is 5.75 Å². The quantitative estimate of drug-likeness (QED) is 0.924. The molecule has 0 radical (unpaired) electrons. The van der Waals surface area contributed by atoms with Gasteiger partial charge in [0, 0.05) is 12.0 Å². The van der Waals surface area contributed by atoms with Crippen LogP contribution in [0.2, 0.25) is 0 Å². The Kier molecular flexibility index (Phi) is 3.36. The maximum atomic E-state index is 13.1. The topological polar surface area (TPSA) is 35.2 Å². The van der Waals surface area contributed by atoms with E-state index in [-0.39, 0.29) is 17.9 Å². The molecule has 0 saturated heterocycles. The predicted molar refractivity (Wildman–Crippen MR) is 65.7 cm³/mol. The summed E-state index contributed by atoms with van der Waals surface area (Å²) in [7, 11) is 1.34. The first-order valence-electron chi connectivity index (χ1n) is 5.49. The van der Waals surface area contributed by atoms with E-state index < -0.39 is 17.2 Å². The second-order valence-corrected chi connectivity index (χ2v) is 5.37. The first-order valence-corrected chi connectivity index (χ1v) is 6.28. The lowest BCUT2D eigenvalue weighted by Gasteiger charge is -2.21. The van der Waals surface area contributed by atoms with Gasteiger partial charge < -0.3 is 10.5 Å². The summed E-state index contributed by atoms with van der Waals surface area (Å²) in [5.74, 6) is 0.180. The highest BCUT2D eigenvalue weighted by atomic mass is 79.9. The van der Waals surface area contributed by atoms with E-state index in [4.69, 9.17) is 10.5 Å². The van der Waals surface area contributed by atoms with Crippen molar-refractivity contribution in [1.29, 1.82) is 0 Å². The van der Waals surface area contributed by atoms with E-state index in [9.17, 15) is 13.2 Å². The molecule has 18 heavy (non-hydrogen) atoms. The number of rotatable bonds is 3. The van der Waals surface area contributed by atoms with E-state index in [2.05, 4.69) is 15.9 Å². The molecule has 2 N–H and O–H groups in total. The Hall–Kier alpha value is -0.750. The van der Waals surface area contributed by atoms with Crippen molar-refractivity contribution in [2.45, 2.75) is 24.4 Å². The van der Waals surface area contributed by atoms with Crippen LogP contribution >= 0.6 is 15.9 Å². The molecule has 0 bridgehead atoms. The van der Waals surface area contributed by atoms with Gasteiger partial charge in [-0.15, -0.1) is 0 Å². The third kappa shape index (κ3) is 2.23. The lowest BCUT2D eigenvalue weighted by atomic mass is 9.91. The number of hydrogen-bond acceptors (Lipinski definition) is 2. The van der Waals surface area contributed by atoms with Crippen LogP contribution in [0.4, 0.5) is 13.2 Å². The Balaban J connectivity index is 2.61. The van der Waals surface area contributed by atoms with E-state index in [1.54, 1.807) is 0 Å².